The highest BCUT2D eigenvalue weighted by Crippen LogP contribution is 2.36. The lowest BCUT2D eigenvalue weighted by Crippen LogP contribution is -2.47. The molecular weight excluding hydrogens is 296 g/mol. The van der Waals surface area contributed by atoms with Crippen molar-refractivity contribution < 1.29 is 14.4 Å². The van der Waals surface area contributed by atoms with Crippen LogP contribution in [-0.2, 0) is 14.4 Å². The Morgan fingerprint density at radius 1 is 1.17 bits per heavy atom. The Balaban J connectivity index is 1.48. The second-order valence-corrected chi connectivity index (χ2v) is 6.50. The van der Waals surface area contributed by atoms with Crippen LogP contribution >= 0.6 is 0 Å². The van der Waals surface area contributed by atoms with Crippen molar-refractivity contribution in [2.45, 2.75) is 12.8 Å². The summed E-state index contributed by atoms with van der Waals surface area (Å²) < 4.78 is 5.72. The standard InChI is InChI=1S/C16H22N4O3/c21-15(20-6-1-2-7-23-20)14-11-22-10-12-8-19(9-13(12)14)16-17-4-3-5-18-16/h3-5,12-14H,1-2,6-11H2/t12-,13-,14-/m1/s1. The number of rotatable bonds is 2. The second kappa shape index (κ2) is 6.41. The van der Waals surface area contributed by atoms with Gasteiger partial charge in [-0.25, -0.2) is 15.0 Å². The van der Waals surface area contributed by atoms with Gasteiger partial charge in [-0.15, -0.1) is 0 Å². The van der Waals surface area contributed by atoms with Crippen LogP contribution < -0.4 is 4.90 Å². The lowest BCUT2D eigenvalue weighted by atomic mass is 9.82. The number of ether oxygens (including phenoxy) is 1. The summed E-state index contributed by atoms with van der Waals surface area (Å²) >= 11 is 0. The first-order chi connectivity index (χ1) is 11.3. The molecule has 0 radical (unpaired) electrons. The van der Waals surface area contributed by atoms with Crippen molar-refractivity contribution in [3.63, 3.8) is 0 Å². The van der Waals surface area contributed by atoms with E-state index < -0.39 is 0 Å². The van der Waals surface area contributed by atoms with Gasteiger partial charge in [0.2, 0.25) is 5.95 Å². The van der Waals surface area contributed by atoms with E-state index in [-0.39, 0.29) is 17.7 Å². The number of carbonyl (C=O) groups excluding carboxylic acids is 1. The van der Waals surface area contributed by atoms with Crippen LogP contribution in [0.4, 0.5) is 5.95 Å². The molecule has 3 saturated heterocycles. The number of anilines is 1. The molecule has 1 amide bonds. The Morgan fingerprint density at radius 2 is 2.04 bits per heavy atom. The van der Waals surface area contributed by atoms with Gasteiger partial charge in [0.1, 0.15) is 0 Å². The van der Waals surface area contributed by atoms with Crippen molar-refractivity contribution in [1.82, 2.24) is 15.0 Å². The Hall–Kier alpha value is -1.73. The maximum atomic E-state index is 12.8. The van der Waals surface area contributed by atoms with Crippen molar-refractivity contribution in [3.8, 4) is 0 Å². The zero-order chi connectivity index (χ0) is 15.6. The summed E-state index contributed by atoms with van der Waals surface area (Å²) in [6, 6.07) is 1.82. The highest BCUT2D eigenvalue weighted by atomic mass is 16.7. The van der Waals surface area contributed by atoms with E-state index in [2.05, 4.69) is 14.9 Å². The predicted molar refractivity (Wildman–Crippen MR) is 82.4 cm³/mol. The van der Waals surface area contributed by atoms with Crippen LogP contribution in [0.2, 0.25) is 0 Å². The molecule has 3 fully saturated rings. The third-order valence-corrected chi connectivity index (χ3v) is 5.04. The maximum Gasteiger partial charge on any atom is 0.251 e. The lowest BCUT2D eigenvalue weighted by molar-refractivity contribution is -0.207. The van der Waals surface area contributed by atoms with Gasteiger partial charge in [0.05, 0.1) is 25.7 Å². The summed E-state index contributed by atoms with van der Waals surface area (Å²) in [5.74, 6) is 1.33. The van der Waals surface area contributed by atoms with Crippen molar-refractivity contribution >= 4 is 11.9 Å². The number of hydrogen-bond donors (Lipinski definition) is 0. The number of aromatic nitrogens is 2. The lowest BCUT2D eigenvalue weighted by Gasteiger charge is -2.36. The number of nitrogens with zero attached hydrogens (tertiary/aromatic N) is 4. The molecule has 4 rings (SSSR count). The van der Waals surface area contributed by atoms with Crippen LogP contribution in [-0.4, -0.2) is 60.4 Å². The van der Waals surface area contributed by atoms with Gasteiger partial charge < -0.3 is 9.64 Å². The van der Waals surface area contributed by atoms with Crippen LogP contribution in [0.1, 0.15) is 12.8 Å². The first kappa shape index (κ1) is 14.8. The van der Waals surface area contributed by atoms with Crippen molar-refractivity contribution in [2.75, 3.05) is 44.4 Å². The maximum absolute atomic E-state index is 12.8. The monoisotopic (exact) mass is 318 g/mol. The van der Waals surface area contributed by atoms with E-state index in [0.29, 0.717) is 32.3 Å². The van der Waals surface area contributed by atoms with Gasteiger partial charge in [0.15, 0.2) is 0 Å². The van der Waals surface area contributed by atoms with Crippen LogP contribution in [0.25, 0.3) is 0 Å². The minimum absolute atomic E-state index is 0.0789. The summed E-state index contributed by atoms with van der Waals surface area (Å²) in [5, 5.41) is 1.56. The molecule has 0 spiro atoms. The SMILES string of the molecule is O=C([C@@H]1COC[C@H]2CN(c3ncccn3)C[C@H]21)N1CCCCO1. The predicted octanol–water partition coefficient (Wildman–Crippen LogP) is 0.729. The smallest absolute Gasteiger partial charge is 0.251 e. The third-order valence-electron chi connectivity index (χ3n) is 5.04. The minimum atomic E-state index is -0.124. The van der Waals surface area contributed by atoms with Gasteiger partial charge in [-0.2, -0.15) is 0 Å². The molecular formula is C16H22N4O3. The Kier molecular flexibility index (Phi) is 4.13. The first-order valence-electron chi connectivity index (χ1n) is 8.37. The molecule has 0 aliphatic carbocycles. The number of amides is 1. The van der Waals surface area contributed by atoms with Crippen molar-refractivity contribution in [3.05, 3.63) is 18.5 Å². The van der Waals surface area contributed by atoms with Crippen LogP contribution in [0, 0.1) is 17.8 Å². The van der Waals surface area contributed by atoms with Crippen molar-refractivity contribution in [2.24, 2.45) is 17.8 Å². The summed E-state index contributed by atoms with van der Waals surface area (Å²) in [4.78, 5) is 29.2. The average Bonchev–Trinajstić information content (AvgIpc) is 3.07. The van der Waals surface area contributed by atoms with Gasteiger partial charge in [-0.1, -0.05) is 0 Å². The molecule has 0 saturated carbocycles. The quantitative estimate of drug-likeness (QED) is 0.801. The highest BCUT2D eigenvalue weighted by Gasteiger charge is 2.46. The van der Waals surface area contributed by atoms with E-state index in [9.17, 15) is 4.79 Å². The molecule has 7 heteroatoms. The molecule has 7 nitrogen and oxygen atoms in total. The molecule has 1 aromatic heterocycles. The van der Waals surface area contributed by atoms with E-state index in [4.69, 9.17) is 9.57 Å². The highest BCUT2D eigenvalue weighted by molar-refractivity contribution is 5.78. The Morgan fingerprint density at radius 3 is 2.83 bits per heavy atom. The fourth-order valence-corrected chi connectivity index (χ4v) is 3.83. The zero-order valence-electron chi connectivity index (χ0n) is 13.1. The van der Waals surface area contributed by atoms with Crippen LogP contribution in [0.3, 0.4) is 0 Å². The van der Waals surface area contributed by atoms with Gasteiger partial charge in [-0.3, -0.25) is 9.63 Å². The summed E-state index contributed by atoms with van der Waals surface area (Å²) in [6.45, 7) is 4.18. The van der Waals surface area contributed by atoms with E-state index in [0.717, 1.165) is 31.9 Å². The van der Waals surface area contributed by atoms with Crippen LogP contribution in [0.5, 0.6) is 0 Å². The third kappa shape index (κ3) is 2.90. The van der Waals surface area contributed by atoms with E-state index in [1.807, 2.05) is 6.07 Å². The molecule has 4 heterocycles. The summed E-state index contributed by atoms with van der Waals surface area (Å²) in [5.41, 5.74) is 0. The van der Waals surface area contributed by atoms with E-state index >= 15 is 0 Å². The van der Waals surface area contributed by atoms with Gasteiger partial charge in [-0.05, 0) is 24.8 Å². The number of hydrogen-bond acceptors (Lipinski definition) is 6. The van der Waals surface area contributed by atoms with E-state index in [1.165, 1.54) is 0 Å². The molecule has 0 bridgehead atoms. The fourth-order valence-electron chi connectivity index (χ4n) is 3.83. The normalized spacial score (nSPS) is 31.0. The minimum Gasteiger partial charge on any atom is -0.380 e. The fraction of sp³-hybridized carbons (Fsp3) is 0.688. The van der Waals surface area contributed by atoms with Gasteiger partial charge in [0, 0.05) is 37.9 Å². The molecule has 0 unspecified atom stereocenters. The van der Waals surface area contributed by atoms with Crippen LogP contribution in [0.15, 0.2) is 18.5 Å². The molecule has 0 aromatic carbocycles. The summed E-state index contributed by atoms with van der Waals surface area (Å²) in [6.07, 6.45) is 5.55. The second-order valence-electron chi connectivity index (χ2n) is 6.50. The van der Waals surface area contributed by atoms with Gasteiger partial charge in [0.25, 0.3) is 5.91 Å². The Labute approximate surface area is 135 Å². The topological polar surface area (TPSA) is 67.8 Å². The molecule has 3 aliphatic rings. The van der Waals surface area contributed by atoms with Crippen molar-refractivity contribution in [1.29, 1.82) is 0 Å². The largest absolute Gasteiger partial charge is 0.380 e. The molecule has 23 heavy (non-hydrogen) atoms. The molecule has 3 atom stereocenters. The molecule has 3 aliphatic heterocycles. The van der Waals surface area contributed by atoms with E-state index in [1.54, 1.807) is 17.5 Å². The number of carbonyl (C=O) groups is 1. The Bertz CT molecular complexity index is 550. The number of fused-ring (bicyclic) bond motifs is 1. The molecule has 124 valence electrons. The zero-order valence-corrected chi connectivity index (χ0v) is 13.1. The first-order valence-corrected chi connectivity index (χ1v) is 8.37. The average molecular weight is 318 g/mol. The molecule has 0 N–H and O–H groups in total. The van der Waals surface area contributed by atoms with Gasteiger partial charge >= 0.3 is 0 Å². The summed E-state index contributed by atoms with van der Waals surface area (Å²) in [7, 11) is 0. The number of hydroxylamine groups is 2. The molecule has 1 aromatic rings.